The van der Waals surface area contributed by atoms with Gasteiger partial charge in [0.05, 0.1) is 18.5 Å². The lowest BCUT2D eigenvalue weighted by atomic mass is 9.77. The lowest BCUT2D eigenvalue weighted by molar-refractivity contribution is -0.151. The Bertz CT molecular complexity index is 648. The fourth-order valence-electron chi connectivity index (χ4n) is 2.74. The van der Waals surface area contributed by atoms with E-state index in [9.17, 15) is 9.59 Å². The van der Waals surface area contributed by atoms with Crippen LogP contribution >= 0.6 is 0 Å². The molecule has 25 heavy (non-hydrogen) atoms. The topological polar surface area (TPSA) is 113 Å². The van der Waals surface area contributed by atoms with Crippen LogP contribution in [0.2, 0.25) is 0 Å². The van der Waals surface area contributed by atoms with Gasteiger partial charge in [-0.2, -0.15) is 0 Å². The molecule has 1 aliphatic rings. The number of nitrogen functional groups attached to an aromatic ring is 1. The SMILES string of the molecule is COC(=O)C1(c2ccc(NC(=O)OC(C)(C)C)c(N)n2)CCOCC1. The fourth-order valence-corrected chi connectivity index (χ4v) is 2.74. The van der Waals surface area contributed by atoms with Crippen LogP contribution in [0, 0.1) is 0 Å². The summed E-state index contributed by atoms with van der Waals surface area (Å²) >= 11 is 0. The number of amides is 1. The Labute approximate surface area is 147 Å². The number of rotatable bonds is 3. The average molecular weight is 351 g/mol. The summed E-state index contributed by atoms with van der Waals surface area (Å²) in [6, 6.07) is 3.28. The highest BCUT2D eigenvalue weighted by molar-refractivity contribution is 5.89. The average Bonchev–Trinajstić information content (AvgIpc) is 2.54. The Balaban J connectivity index is 2.25. The molecule has 1 aromatic heterocycles. The molecule has 0 unspecified atom stereocenters. The van der Waals surface area contributed by atoms with E-state index in [1.807, 2.05) is 0 Å². The number of aromatic nitrogens is 1. The van der Waals surface area contributed by atoms with Gasteiger partial charge in [-0.05, 0) is 45.7 Å². The highest BCUT2D eigenvalue weighted by Crippen LogP contribution is 2.36. The fraction of sp³-hybridized carbons (Fsp3) is 0.588. The summed E-state index contributed by atoms with van der Waals surface area (Å²) in [5.74, 6) is -0.256. The van der Waals surface area contributed by atoms with Crippen molar-refractivity contribution < 1.29 is 23.8 Å². The molecule has 0 radical (unpaired) electrons. The van der Waals surface area contributed by atoms with Gasteiger partial charge in [-0.3, -0.25) is 10.1 Å². The molecule has 8 nitrogen and oxygen atoms in total. The Morgan fingerprint density at radius 1 is 1.28 bits per heavy atom. The van der Waals surface area contributed by atoms with Crippen LogP contribution in [0.5, 0.6) is 0 Å². The molecule has 0 saturated carbocycles. The van der Waals surface area contributed by atoms with E-state index in [2.05, 4.69) is 10.3 Å². The van der Waals surface area contributed by atoms with Crippen molar-refractivity contribution >= 4 is 23.6 Å². The number of hydrogen-bond donors (Lipinski definition) is 2. The monoisotopic (exact) mass is 351 g/mol. The number of carbonyl (C=O) groups excluding carboxylic acids is 2. The second-order valence-corrected chi connectivity index (χ2v) is 6.94. The number of carbonyl (C=O) groups is 2. The summed E-state index contributed by atoms with van der Waals surface area (Å²) in [6.07, 6.45) is 0.304. The lowest BCUT2D eigenvalue weighted by Crippen LogP contribution is -2.43. The predicted molar refractivity (Wildman–Crippen MR) is 92.3 cm³/mol. The zero-order valence-electron chi connectivity index (χ0n) is 15.0. The first-order chi connectivity index (χ1) is 11.7. The minimum absolute atomic E-state index is 0.109. The van der Waals surface area contributed by atoms with Crippen molar-refractivity contribution in [2.45, 2.75) is 44.6 Å². The van der Waals surface area contributed by atoms with Gasteiger partial charge in [0.2, 0.25) is 0 Å². The molecular weight excluding hydrogens is 326 g/mol. The third-order valence-electron chi connectivity index (χ3n) is 3.97. The number of ether oxygens (including phenoxy) is 3. The van der Waals surface area contributed by atoms with Gasteiger partial charge in [0.25, 0.3) is 0 Å². The second-order valence-electron chi connectivity index (χ2n) is 6.94. The largest absolute Gasteiger partial charge is 0.468 e. The highest BCUT2D eigenvalue weighted by Gasteiger charge is 2.44. The standard InChI is InChI=1S/C17H25N3O5/c1-16(2,3)25-15(22)19-11-5-6-12(20-13(11)18)17(14(21)23-4)7-9-24-10-8-17/h5-6H,7-10H2,1-4H3,(H2,18,20)(H,19,22). The lowest BCUT2D eigenvalue weighted by Gasteiger charge is -2.34. The molecule has 2 heterocycles. The molecule has 138 valence electrons. The van der Waals surface area contributed by atoms with Gasteiger partial charge in [0, 0.05) is 13.2 Å². The smallest absolute Gasteiger partial charge is 0.412 e. The summed E-state index contributed by atoms with van der Waals surface area (Å²) in [4.78, 5) is 28.6. The number of methoxy groups -OCH3 is 1. The molecule has 0 aromatic carbocycles. The summed E-state index contributed by atoms with van der Waals surface area (Å²) in [6.45, 7) is 6.18. The Hall–Kier alpha value is -2.35. The van der Waals surface area contributed by atoms with E-state index in [0.717, 1.165) is 0 Å². The molecule has 0 aliphatic carbocycles. The minimum Gasteiger partial charge on any atom is -0.468 e. The van der Waals surface area contributed by atoms with Crippen molar-refractivity contribution in [1.82, 2.24) is 4.98 Å². The number of anilines is 2. The van der Waals surface area contributed by atoms with Crippen molar-refractivity contribution in [1.29, 1.82) is 0 Å². The van der Waals surface area contributed by atoms with E-state index in [-0.39, 0.29) is 11.8 Å². The molecule has 0 atom stereocenters. The van der Waals surface area contributed by atoms with Crippen LogP contribution in [0.3, 0.4) is 0 Å². The van der Waals surface area contributed by atoms with Crippen molar-refractivity contribution in [2.24, 2.45) is 0 Å². The number of nitrogens with two attached hydrogens (primary N) is 1. The van der Waals surface area contributed by atoms with Crippen molar-refractivity contribution in [3.8, 4) is 0 Å². The Morgan fingerprint density at radius 3 is 2.44 bits per heavy atom. The maximum absolute atomic E-state index is 12.4. The first kappa shape index (κ1) is 19.0. The molecule has 1 fully saturated rings. The van der Waals surface area contributed by atoms with E-state index in [0.29, 0.717) is 37.4 Å². The molecule has 0 spiro atoms. The number of nitrogens with zero attached hydrogens (tertiary/aromatic N) is 1. The van der Waals surface area contributed by atoms with Crippen LogP contribution in [0.4, 0.5) is 16.3 Å². The molecule has 1 aliphatic heterocycles. The maximum Gasteiger partial charge on any atom is 0.412 e. The van der Waals surface area contributed by atoms with E-state index >= 15 is 0 Å². The maximum atomic E-state index is 12.4. The molecule has 1 aromatic rings. The van der Waals surface area contributed by atoms with Crippen LogP contribution in [-0.2, 0) is 24.4 Å². The Morgan fingerprint density at radius 2 is 1.92 bits per heavy atom. The van der Waals surface area contributed by atoms with Gasteiger partial charge < -0.3 is 19.9 Å². The summed E-state index contributed by atoms with van der Waals surface area (Å²) in [5, 5.41) is 2.56. The van der Waals surface area contributed by atoms with Crippen LogP contribution in [0.15, 0.2) is 12.1 Å². The van der Waals surface area contributed by atoms with Crippen LogP contribution in [-0.4, -0.2) is 43.0 Å². The van der Waals surface area contributed by atoms with E-state index in [1.165, 1.54) is 7.11 Å². The quantitative estimate of drug-likeness (QED) is 0.803. The first-order valence-electron chi connectivity index (χ1n) is 8.11. The highest BCUT2D eigenvalue weighted by atomic mass is 16.6. The first-order valence-corrected chi connectivity index (χ1v) is 8.11. The predicted octanol–water partition coefficient (Wildman–Crippen LogP) is 2.23. The van der Waals surface area contributed by atoms with Gasteiger partial charge >= 0.3 is 12.1 Å². The summed E-state index contributed by atoms with van der Waals surface area (Å²) in [5.41, 5.74) is 5.30. The number of hydrogen-bond acceptors (Lipinski definition) is 7. The molecular formula is C17H25N3O5. The van der Waals surface area contributed by atoms with Gasteiger partial charge in [-0.15, -0.1) is 0 Å². The summed E-state index contributed by atoms with van der Waals surface area (Å²) < 4.78 is 15.5. The van der Waals surface area contributed by atoms with Crippen LogP contribution in [0.1, 0.15) is 39.3 Å². The molecule has 0 bridgehead atoms. The van der Waals surface area contributed by atoms with E-state index in [1.54, 1.807) is 32.9 Å². The third-order valence-corrected chi connectivity index (χ3v) is 3.97. The molecule has 2 rings (SSSR count). The van der Waals surface area contributed by atoms with Crippen molar-refractivity contribution in [3.63, 3.8) is 0 Å². The molecule has 8 heteroatoms. The second kappa shape index (κ2) is 7.26. The zero-order valence-corrected chi connectivity index (χ0v) is 15.0. The van der Waals surface area contributed by atoms with Crippen LogP contribution < -0.4 is 11.1 Å². The molecule has 1 amide bonds. The van der Waals surface area contributed by atoms with Gasteiger partial charge in [0.1, 0.15) is 16.8 Å². The van der Waals surface area contributed by atoms with Crippen molar-refractivity contribution in [2.75, 3.05) is 31.4 Å². The van der Waals surface area contributed by atoms with Crippen molar-refractivity contribution in [3.05, 3.63) is 17.8 Å². The van der Waals surface area contributed by atoms with E-state index < -0.39 is 17.1 Å². The number of pyridine rings is 1. The number of nitrogens with one attached hydrogen (secondary N) is 1. The van der Waals surface area contributed by atoms with Gasteiger partial charge in [0.15, 0.2) is 0 Å². The van der Waals surface area contributed by atoms with Gasteiger partial charge in [-0.1, -0.05) is 0 Å². The normalized spacial score (nSPS) is 16.8. The van der Waals surface area contributed by atoms with E-state index in [4.69, 9.17) is 19.9 Å². The molecule has 1 saturated heterocycles. The Kier molecular flexibility index (Phi) is 5.52. The zero-order chi connectivity index (χ0) is 18.7. The van der Waals surface area contributed by atoms with Gasteiger partial charge in [-0.25, -0.2) is 9.78 Å². The molecule has 3 N–H and O–H groups in total. The summed E-state index contributed by atoms with van der Waals surface area (Å²) in [7, 11) is 1.35. The number of esters is 1. The third kappa shape index (κ3) is 4.39. The minimum atomic E-state index is -0.883. The van der Waals surface area contributed by atoms with Crippen LogP contribution in [0.25, 0.3) is 0 Å².